The number of nitrogens with zero attached hydrogens (tertiary/aromatic N) is 1. The summed E-state index contributed by atoms with van der Waals surface area (Å²) in [6.45, 7) is 1.76. The van der Waals surface area contributed by atoms with E-state index in [1.54, 1.807) is 5.38 Å². The number of furan rings is 1. The Bertz CT molecular complexity index is 664. The van der Waals surface area contributed by atoms with Gasteiger partial charge in [-0.05, 0) is 19.1 Å². The molecule has 0 bridgehead atoms. The van der Waals surface area contributed by atoms with E-state index >= 15 is 0 Å². The number of nitrogens with one attached hydrogen (secondary N) is 1. The molecule has 0 radical (unpaired) electrons. The quantitative estimate of drug-likeness (QED) is 0.799. The number of hydrogen-bond acceptors (Lipinski definition) is 6. The third kappa shape index (κ3) is 4.15. The van der Waals surface area contributed by atoms with E-state index in [1.807, 2.05) is 19.1 Å². The Morgan fingerprint density at radius 3 is 2.86 bits per heavy atom. The maximum atomic E-state index is 11.8. The molecule has 1 amide bonds. The van der Waals surface area contributed by atoms with Crippen molar-refractivity contribution in [2.24, 2.45) is 0 Å². The number of methoxy groups -OCH3 is 1. The summed E-state index contributed by atoms with van der Waals surface area (Å²) in [5, 5.41) is 13.8. The molecule has 1 unspecified atom stereocenters. The molecule has 2 rings (SSSR count). The Balaban J connectivity index is 1.90. The molecule has 118 valence electrons. The molecule has 0 aromatic carbocycles. The van der Waals surface area contributed by atoms with E-state index in [4.69, 9.17) is 14.3 Å². The Kier molecular flexibility index (Phi) is 5.29. The number of carboxylic acids is 1. The number of carbonyl (C=O) groups is 2. The molecular weight excluding hydrogens is 308 g/mol. The number of aryl methyl sites for hydroxylation is 1. The summed E-state index contributed by atoms with van der Waals surface area (Å²) in [5.41, 5.74) is 0.607. The Morgan fingerprint density at radius 1 is 1.50 bits per heavy atom. The highest BCUT2D eigenvalue weighted by Gasteiger charge is 2.18. The molecular formula is C14H16N2O5S. The number of aliphatic carboxylic acids is 1. The molecule has 2 N–H and O–H groups in total. The van der Waals surface area contributed by atoms with Crippen molar-refractivity contribution in [2.45, 2.75) is 19.4 Å². The minimum absolute atomic E-state index is 0.0756. The van der Waals surface area contributed by atoms with Gasteiger partial charge in [-0.25, -0.2) is 9.78 Å². The molecule has 8 heteroatoms. The first-order valence-corrected chi connectivity index (χ1v) is 7.41. The average molecular weight is 324 g/mol. The number of carboxylic acid groups (broad SMARTS) is 1. The van der Waals surface area contributed by atoms with Crippen molar-refractivity contribution >= 4 is 23.2 Å². The maximum Gasteiger partial charge on any atom is 0.334 e. The van der Waals surface area contributed by atoms with Gasteiger partial charge in [0.1, 0.15) is 5.76 Å². The summed E-state index contributed by atoms with van der Waals surface area (Å²) in [4.78, 5) is 26.9. The van der Waals surface area contributed by atoms with Gasteiger partial charge in [-0.3, -0.25) is 4.79 Å². The average Bonchev–Trinajstić information content (AvgIpc) is 3.08. The van der Waals surface area contributed by atoms with Crippen LogP contribution in [-0.2, 0) is 20.7 Å². The van der Waals surface area contributed by atoms with Crippen molar-refractivity contribution < 1.29 is 23.8 Å². The van der Waals surface area contributed by atoms with Crippen LogP contribution in [0.2, 0.25) is 0 Å². The van der Waals surface area contributed by atoms with Gasteiger partial charge in [-0.2, -0.15) is 0 Å². The normalized spacial score (nSPS) is 12.1. The number of amides is 1. The molecule has 7 nitrogen and oxygen atoms in total. The number of aromatic nitrogens is 1. The van der Waals surface area contributed by atoms with Crippen LogP contribution in [0.25, 0.3) is 10.8 Å². The van der Waals surface area contributed by atoms with E-state index in [9.17, 15) is 9.59 Å². The zero-order valence-electron chi connectivity index (χ0n) is 12.2. The van der Waals surface area contributed by atoms with E-state index in [2.05, 4.69) is 10.3 Å². The molecule has 0 fully saturated rings. The van der Waals surface area contributed by atoms with Gasteiger partial charge in [0.2, 0.25) is 5.91 Å². The van der Waals surface area contributed by atoms with Gasteiger partial charge in [0.25, 0.3) is 0 Å². The first kappa shape index (κ1) is 16.2. The highest BCUT2D eigenvalue weighted by Crippen LogP contribution is 2.25. The summed E-state index contributed by atoms with van der Waals surface area (Å²) in [6, 6.07) is 3.67. The highest BCUT2D eigenvalue weighted by molar-refractivity contribution is 7.13. The van der Waals surface area contributed by atoms with Crippen molar-refractivity contribution in [1.29, 1.82) is 0 Å². The molecule has 0 saturated heterocycles. The standard InChI is InChI=1S/C14H16N2O5S/c1-8-3-4-10(21-8)13-16-9(7-22-13)5-12(17)15-6-11(20-2)14(18)19/h3-4,7,11H,5-6H2,1-2H3,(H,15,17)(H,18,19). The van der Waals surface area contributed by atoms with Crippen molar-refractivity contribution in [2.75, 3.05) is 13.7 Å². The predicted molar refractivity (Wildman–Crippen MR) is 79.7 cm³/mol. The van der Waals surface area contributed by atoms with Crippen LogP contribution >= 0.6 is 11.3 Å². The molecule has 0 aliphatic heterocycles. The number of rotatable bonds is 7. The van der Waals surface area contributed by atoms with Crippen LogP contribution in [0.1, 0.15) is 11.5 Å². The molecule has 2 aromatic heterocycles. The number of hydrogen-bond donors (Lipinski definition) is 2. The van der Waals surface area contributed by atoms with Crippen LogP contribution in [0.5, 0.6) is 0 Å². The molecule has 1 atom stereocenters. The van der Waals surface area contributed by atoms with Crippen molar-refractivity contribution in [3.8, 4) is 10.8 Å². The van der Waals surface area contributed by atoms with Crippen molar-refractivity contribution in [3.05, 3.63) is 29.0 Å². The third-order valence-electron chi connectivity index (χ3n) is 2.89. The molecule has 0 spiro atoms. The lowest BCUT2D eigenvalue weighted by molar-refractivity contribution is -0.148. The fourth-order valence-corrected chi connectivity index (χ4v) is 2.54. The third-order valence-corrected chi connectivity index (χ3v) is 3.79. The van der Waals surface area contributed by atoms with E-state index < -0.39 is 12.1 Å². The van der Waals surface area contributed by atoms with Crippen LogP contribution in [0.3, 0.4) is 0 Å². The largest absolute Gasteiger partial charge is 0.479 e. The van der Waals surface area contributed by atoms with Crippen molar-refractivity contribution in [1.82, 2.24) is 10.3 Å². The topological polar surface area (TPSA) is 102 Å². The van der Waals surface area contributed by atoms with Crippen LogP contribution in [-0.4, -0.2) is 41.7 Å². The lowest BCUT2D eigenvalue weighted by atomic mass is 10.3. The summed E-state index contributed by atoms with van der Waals surface area (Å²) in [5.74, 6) is 0.0333. The molecule has 22 heavy (non-hydrogen) atoms. The second-order valence-electron chi connectivity index (χ2n) is 4.60. The molecule has 0 aliphatic rings. The van der Waals surface area contributed by atoms with Crippen LogP contribution in [0, 0.1) is 6.92 Å². The SMILES string of the molecule is COC(CNC(=O)Cc1csc(-c2ccc(C)o2)n1)C(=O)O. The zero-order chi connectivity index (χ0) is 16.1. The summed E-state index contributed by atoms with van der Waals surface area (Å²) >= 11 is 1.39. The number of ether oxygens (including phenoxy) is 1. The van der Waals surface area contributed by atoms with Gasteiger partial charge >= 0.3 is 5.97 Å². The fourth-order valence-electron chi connectivity index (χ4n) is 1.76. The molecule has 2 aromatic rings. The number of thiazole rings is 1. The van der Waals surface area contributed by atoms with Gasteiger partial charge in [-0.15, -0.1) is 11.3 Å². The lowest BCUT2D eigenvalue weighted by Crippen LogP contribution is -2.38. The Labute approximate surface area is 130 Å². The second kappa shape index (κ2) is 7.19. The summed E-state index contributed by atoms with van der Waals surface area (Å²) in [6.07, 6.45) is -0.979. The van der Waals surface area contributed by atoms with E-state index in [-0.39, 0.29) is 18.9 Å². The van der Waals surface area contributed by atoms with Crippen molar-refractivity contribution in [3.63, 3.8) is 0 Å². The monoisotopic (exact) mass is 324 g/mol. The minimum atomic E-state index is -1.12. The second-order valence-corrected chi connectivity index (χ2v) is 5.46. The molecule has 0 saturated carbocycles. The van der Waals surface area contributed by atoms with Crippen LogP contribution < -0.4 is 5.32 Å². The predicted octanol–water partition coefficient (Wildman–Crippen LogP) is 1.47. The minimum Gasteiger partial charge on any atom is -0.479 e. The molecule has 0 aliphatic carbocycles. The molecule has 2 heterocycles. The first-order chi connectivity index (χ1) is 10.5. The summed E-state index contributed by atoms with van der Waals surface area (Å²) in [7, 11) is 1.28. The smallest absolute Gasteiger partial charge is 0.334 e. The van der Waals surface area contributed by atoms with Crippen LogP contribution in [0.15, 0.2) is 21.9 Å². The first-order valence-electron chi connectivity index (χ1n) is 6.53. The Morgan fingerprint density at radius 2 is 2.27 bits per heavy atom. The van der Waals surface area contributed by atoms with Gasteiger partial charge in [0, 0.05) is 12.5 Å². The lowest BCUT2D eigenvalue weighted by Gasteiger charge is -2.10. The van der Waals surface area contributed by atoms with Crippen LogP contribution in [0.4, 0.5) is 0 Å². The van der Waals surface area contributed by atoms with Gasteiger partial charge in [0.15, 0.2) is 16.9 Å². The Hall–Kier alpha value is -2.19. The summed E-state index contributed by atoms with van der Waals surface area (Å²) < 4.78 is 10.2. The fraction of sp³-hybridized carbons (Fsp3) is 0.357. The van der Waals surface area contributed by atoms with E-state index in [1.165, 1.54) is 18.4 Å². The maximum absolute atomic E-state index is 11.8. The highest BCUT2D eigenvalue weighted by atomic mass is 32.1. The zero-order valence-corrected chi connectivity index (χ0v) is 13.0. The van der Waals surface area contributed by atoms with E-state index in [0.717, 1.165) is 5.76 Å². The van der Waals surface area contributed by atoms with Gasteiger partial charge < -0.3 is 19.6 Å². The van der Waals surface area contributed by atoms with Gasteiger partial charge in [-0.1, -0.05) is 0 Å². The van der Waals surface area contributed by atoms with Gasteiger partial charge in [0.05, 0.1) is 18.7 Å². The van der Waals surface area contributed by atoms with E-state index in [0.29, 0.717) is 16.5 Å². The number of carbonyl (C=O) groups excluding carboxylic acids is 1.